The lowest BCUT2D eigenvalue weighted by Crippen LogP contribution is -2.04. The number of rotatable bonds is 2. The zero-order valence-corrected chi connectivity index (χ0v) is 7.32. The van der Waals surface area contributed by atoms with E-state index >= 15 is 0 Å². The van der Waals surface area contributed by atoms with Crippen LogP contribution >= 0.6 is 15.9 Å². The third kappa shape index (κ3) is 2.25. The van der Waals surface area contributed by atoms with Crippen molar-refractivity contribution in [3.8, 4) is 0 Å². The fraction of sp³-hybridized carbons (Fsp3) is 0.286. The van der Waals surface area contributed by atoms with Crippen molar-refractivity contribution in [3.05, 3.63) is 28.5 Å². The summed E-state index contributed by atoms with van der Waals surface area (Å²) in [6.07, 6.45) is -0.882. The summed E-state index contributed by atoms with van der Waals surface area (Å²) < 4.78 is 0.655. The van der Waals surface area contributed by atoms with Crippen LogP contribution in [0.5, 0.6) is 0 Å². The van der Waals surface area contributed by atoms with Gasteiger partial charge in [-0.05, 0) is 28.1 Å². The average Bonchev–Trinajstić information content (AvgIpc) is 2.03. The lowest BCUT2D eigenvalue weighted by molar-refractivity contribution is 0.0921. The molecule has 0 saturated carbocycles. The Balaban J connectivity index is 2.86. The Hall–Kier alpha value is -0.450. The number of nitrogens with zero attached hydrogens (tertiary/aromatic N) is 1. The topological polar surface area (TPSA) is 53.4 Å². The van der Waals surface area contributed by atoms with E-state index in [9.17, 15) is 0 Å². The van der Waals surface area contributed by atoms with E-state index in [1.54, 1.807) is 18.2 Å². The lowest BCUT2D eigenvalue weighted by Gasteiger charge is -2.05. The second kappa shape index (κ2) is 3.80. The SMILES string of the molecule is OC[C@H](O)c1cccc(Br)n1. The second-order valence-electron chi connectivity index (χ2n) is 2.08. The Morgan fingerprint density at radius 3 is 2.82 bits per heavy atom. The Labute approximate surface area is 72.8 Å². The molecule has 0 unspecified atom stereocenters. The predicted molar refractivity (Wildman–Crippen MR) is 44.0 cm³/mol. The van der Waals surface area contributed by atoms with Crippen LogP contribution in [0.1, 0.15) is 11.8 Å². The summed E-state index contributed by atoms with van der Waals surface area (Å²) in [5.74, 6) is 0. The molecule has 0 spiro atoms. The molecule has 4 heteroatoms. The summed E-state index contributed by atoms with van der Waals surface area (Å²) >= 11 is 3.16. The first-order valence-electron chi connectivity index (χ1n) is 3.15. The maximum atomic E-state index is 9.12. The molecule has 0 aliphatic rings. The molecule has 0 radical (unpaired) electrons. The number of pyridine rings is 1. The largest absolute Gasteiger partial charge is 0.393 e. The summed E-state index contributed by atoms with van der Waals surface area (Å²) in [5, 5.41) is 17.7. The molecule has 1 rings (SSSR count). The standard InChI is InChI=1S/C7H8BrNO2/c8-7-3-1-2-5(9-7)6(11)4-10/h1-3,6,10-11H,4H2/t6-/m0/s1. The van der Waals surface area contributed by atoms with Crippen LogP contribution in [-0.4, -0.2) is 21.8 Å². The Kier molecular flexibility index (Phi) is 2.99. The molecule has 1 aromatic heterocycles. The van der Waals surface area contributed by atoms with Crippen molar-refractivity contribution in [3.63, 3.8) is 0 Å². The van der Waals surface area contributed by atoms with Crippen LogP contribution in [-0.2, 0) is 0 Å². The van der Waals surface area contributed by atoms with E-state index in [0.717, 1.165) is 0 Å². The maximum absolute atomic E-state index is 9.12. The van der Waals surface area contributed by atoms with Gasteiger partial charge >= 0.3 is 0 Å². The highest BCUT2D eigenvalue weighted by Crippen LogP contribution is 2.12. The number of halogens is 1. The van der Waals surface area contributed by atoms with E-state index in [0.29, 0.717) is 10.3 Å². The summed E-state index contributed by atoms with van der Waals surface area (Å²) in [5.41, 5.74) is 0.474. The molecule has 1 aromatic rings. The molecule has 1 heterocycles. The second-order valence-corrected chi connectivity index (χ2v) is 2.90. The first-order valence-corrected chi connectivity index (χ1v) is 3.94. The van der Waals surface area contributed by atoms with Crippen LogP contribution < -0.4 is 0 Å². The van der Waals surface area contributed by atoms with Crippen molar-refractivity contribution in [1.82, 2.24) is 4.98 Å². The van der Waals surface area contributed by atoms with Crippen LogP contribution in [0.3, 0.4) is 0 Å². The molecule has 0 aliphatic heterocycles. The highest BCUT2D eigenvalue weighted by molar-refractivity contribution is 9.10. The van der Waals surface area contributed by atoms with E-state index in [-0.39, 0.29) is 6.61 Å². The fourth-order valence-electron chi connectivity index (χ4n) is 0.703. The molecule has 0 aromatic carbocycles. The van der Waals surface area contributed by atoms with Gasteiger partial charge in [0.15, 0.2) is 0 Å². The van der Waals surface area contributed by atoms with Gasteiger partial charge in [0.2, 0.25) is 0 Å². The van der Waals surface area contributed by atoms with Crippen molar-refractivity contribution in [1.29, 1.82) is 0 Å². The molecule has 2 N–H and O–H groups in total. The molecule has 0 aliphatic carbocycles. The molecule has 0 fully saturated rings. The van der Waals surface area contributed by atoms with Crippen molar-refractivity contribution in [2.75, 3.05) is 6.61 Å². The van der Waals surface area contributed by atoms with Gasteiger partial charge in [-0.25, -0.2) is 4.98 Å². The normalized spacial score (nSPS) is 13.0. The van der Waals surface area contributed by atoms with Crippen molar-refractivity contribution in [2.24, 2.45) is 0 Å². The first-order chi connectivity index (χ1) is 5.24. The van der Waals surface area contributed by atoms with Gasteiger partial charge < -0.3 is 10.2 Å². The van der Waals surface area contributed by atoms with E-state index in [1.807, 2.05) is 0 Å². The number of hydrogen-bond acceptors (Lipinski definition) is 3. The van der Waals surface area contributed by atoms with E-state index in [1.165, 1.54) is 0 Å². The molecular formula is C7H8BrNO2. The summed E-state index contributed by atoms with van der Waals surface area (Å²) in [7, 11) is 0. The highest BCUT2D eigenvalue weighted by Gasteiger charge is 2.06. The summed E-state index contributed by atoms with van der Waals surface area (Å²) in [4.78, 5) is 3.95. The number of aliphatic hydroxyl groups excluding tert-OH is 2. The van der Waals surface area contributed by atoms with Gasteiger partial charge in [-0.2, -0.15) is 0 Å². The van der Waals surface area contributed by atoms with Crippen molar-refractivity contribution >= 4 is 15.9 Å². The molecule has 0 amide bonds. The number of hydrogen-bond donors (Lipinski definition) is 2. The molecule has 11 heavy (non-hydrogen) atoms. The van der Waals surface area contributed by atoms with Crippen LogP contribution in [0.25, 0.3) is 0 Å². The molecule has 60 valence electrons. The van der Waals surface area contributed by atoms with E-state index in [4.69, 9.17) is 10.2 Å². The minimum Gasteiger partial charge on any atom is -0.393 e. The number of aliphatic hydroxyl groups is 2. The van der Waals surface area contributed by atoms with Crippen molar-refractivity contribution < 1.29 is 10.2 Å². The Bertz CT molecular complexity index is 242. The summed E-state index contributed by atoms with van der Waals surface area (Å²) in [6.45, 7) is -0.302. The zero-order valence-electron chi connectivity index (χ0n) is 5.74. The molecule has 0 bridgehead atoms. The Morgan fingerprint density at radius 1 is 1.55 bits per heavy atom. The third-order valence-electron chi connectivity index (χ3n) is 1.25. The van der Waals surface area contributed by atoms with Gasteiger partial charge in [-0.3, -0.25) is 0 Å². The van der Waals surface area contributed by atoms with Crippen LogP contribution in [0.2, 0.25) is 0 Å². The average molecular weight is 218 g/mol. The molecule has 3 nitrogen and oxygen atoms in total. The van der Waals surface area contributed by atoms with Gasteiger partial charge in [0.05, 0.1) is 12.3 Å². The molecule has 0 saturated heterocycles. The minimum absolute atomic E-state index is 0.302. The summed E-state index contributed by atoms with van der Waals surface area (Å²) in [6, 6.07) is 5.17. The monoisotopic (exact) mass is 217 g/mol. The van der Waals surface area contributed by atoms with Crippen LogP contribution in [0.15, 0.2) is 22.8 Å². The van der Waals surface area contributed by atoms with Gasteiger partial charge in [0.25, 0.3) is 0 Å². The van der Waals surface area contributed by atoms with Crippen LogP contribution in [0, 0.1) is 0 Å². The van der Waals surface area contributed by atoms with Crippen molar-refractivity contribution in [2.45, 2.75) is 6.10 Å². The molecule has 1 atom stereocenters. The highest BCUT2D eigenvalue weighted by atomic mass is 79.9. The molecular weight excluding hydrogens is 210 g/mol. The van der Waals surface area contributed by atoms with Crippen LogP contribution in [0.4, 0.5) is 0 Å². The fourth-order valence-corrected chi connectivity index (χ4v) is 1.06. The van der Waals surface area contributed by atoms with Gasteiger partial charge in [0, 0.05) is 0 Å². The quantitative estimate of drug-likeness (QED) is 0.724. The zero-order chi connectivity index (χ0) is 8.27. The first kappa shape index (κ1) is 8.64. The van der Waals surface area contributed by atoms with Gasteiger partial charge in [-0.15, -0.1) is 0 Å². The third-order valence-corrected chi connectivity index (χ3v) is 1.69. The minimum atomic E-state index is -0.882. The van der Waals surface area contributed by atoms with Gasteiger partial charge in [0.1, 0.15) is 10.7 Å². The predicted octanol–water partition coefficient (Wildman–Crippen LogP) is 0.870. The lowest BCUT2D eigenvalue weighted by atomic mass is 10.2. The smallest absolute Gasteiger partial charge is 0.119 e. The number of aromatic nitrogens is 1. The Morgan fingerprint density at radius 2 is 2.27 bits per heavy atom. The van der Waals surface area contributed by atoms with Gasteiger partial charge in [-0.1, -0.05) is 6.07 Å². The maximum Gasteiger partial charge on any atom is 0.119 e. The van der Waals surface area contributed by atoms with E-state index in [2.05, 4.69) is 20.9 Å². The van der Waals surface area contributed by atoms with E-state index < -0.39 is 6.10 Å².